The normalized spacial score (nSPS) is 16.9. The van der Waals surface area contributed by atoms with E-state index in [4.69, 9.17) is 0 Å². The Morgan fingerprint density at radius 3 is 2.43 bits per heavy atom. The lowest BCUT2D eigenvalue weighted by molar-refractivity contribution is -0.140. The van der Waals surface area contributed by atoms with Crippen molar-refractivity contribution in [2.45, 2.75) is 39.7 Å². The average Bonchev–Trinajstić information content (AvgIpc) is 2.84. The first-order valence-electron chi connectivity index (χ1n) is 7.11. The van der Waals surface area contributed by atoms with Crippen molar-refractivity contribution in [1.82, 2.24) is 10.2 Å². The molecule has 0 aromatic carbocycles. The first kappa shape index (κ1) is 16.7. The van der Waals surface area contributed by atoms with Crippen LogP contribution in [-0.2, 0) is 4.79 Å². The summed E-state index contributed by atoms with van der Waals surface area (Å²) in [5.41, 5.74) is 0.404. The Kier molecular flexibility index (Phi) is 5.29. The molecule has 0 spiro atoms. The number of hydrogen-bond donors (Lipinski definition) is 1. The maximum Gasteiger partial charge on any atom is 0.252 e. The van der Waals surface area contributed by atoms with Gasteiger partial charge < -0.3 is 10.2 Å². The predicted octanol–water partition coefficient (Wildman–Crippen LogP) is 3.12. The van der Waals surface area contributed by atoms with E-state index in [2.05, 4.69) is 27.9 Å². The molecule has 1 aliphatic heterocycles. The number of hydrogen-bond acceptors (Lipinski definition) is 3. The van der Waals surface area contributed by atoms with Gasteiger partial charge in [-0.25, -0.2) is 0 Å². The Labute approximate surface area is 143 Å². The van der Waals surface area contributed by atoms with E-state index < -0.39 is 0 Å². The number of carbonyl (C=O) groups is 2. The van der Waals surface area contributed by atoms with Crippen molar-refractivity contribution in [3.05, 3.63) is 19.9 Å². The van der Waals surface area contributed by atoms with Gasteiger partial charge in [-0.1, -0.05) is 20.8 Å². The van der Waals surface area contributed by atoms with Crippen molar-refractivity contribution in [3.63, 3.8) is 0 Å². The standard InChI is InChI=1S/C15H21IN2O2S/c1-15(2,3)14(20)18-6-4-11(5-7-18)17-13(19)10-8-12(16)21-9-10/h8-9,11H,4-7H2,1-3H3,(H,17,19). The molecule has 0 aliphatic carbocycles. The van der Waals surface area contributed by atoms with E-state index in [0.717, 1.165) is 34.4 Å². The smallest absolute Gasteiger partial charge is 0.252 e. The fourth-order valence-electron chi connectivity index (χ4n) is 2.40. The van der Waals surface area contributed by atoms with E-state index in [9.17, 15) is 9.59 Å². The van der Waals surface area contributed by atoms with Crippen LogP contribution >= 0.6 is 33.9 Å². The zero-order chi connectivity index (χ0) is 15.6. The molecule has 0 unspecified atom stereocenters. The minimum absolute atomic E-state index is 0.00485. The van der Waals surface area contributed by atoms with Crippen LogP contribution in [0, 0.1) is 8.30 Å². The summed E-state index contributed by atoms with van der Waals surface area (Å²) in [6.45, 7) is 7.29. The Bertz CT molecular complexity index is 528. The summed E-state index contributed by atoms with van der Waals surface area (Å²) in [4.78, 5) is 26.2. The molecule has 2 heterocycles. The highest BCUT2D eigenvalue weighted by molar-refractivity contribution is 14.1. The van der Waals surface area contributed by atoms with Gasteiger partial charge in [-0.15, -0.1) is 11.3 Å². The second kappa shape index (κ2) is 6.64. The number of likely N-dealkylation sites (tertiary alicyclic amines) is 1. The zero-order valence-corrected chi connectivity index (χ0v) is 15.6. The van der Waals surface area contributed by atoms with E-state index in [-0.39, 0.29) is 23.3 Å². The zero-order valence-electron chi connectivity index (χ0n) is 12.6. The molecule has 0 radical (unpaired) electrons. The molecule has 2 rings (SSSR count). The van der Waals surface area contributed by atoms with Crippen molar-refractivity contribution in [2.24, 2.45) is 5.41 Å². The van der Waals surface area contributed by atoms with Crippen LogP contribution in [0.25, 0.3) is 0 Å². The number of carbonyl (C=O) groups excluding carboxylic acids is 2. The van der Waals surface area contributed by atoms with E-state index in [1.54, 1.807) is 11.3 Å². The summed E-state index contributed by atoms with van der Waals surface area (Å²) in [7, 11) is 0. The van der Waals surface area contributed by atoms with E-state index in [1.165, 1.54) is 0 Å². The summed E-state index contributed by atoms with van der Waals surface area (Å²) in [6, 6.07) is 2.07. The maximum absolute atomic E-state index is 12.2. The van der Waals surface area contributed by atoms with Gasteiger partial charge in [-0.3, -0.25) is 9.59 Å². The van der Waals surface area contributed by atoms with Crippen LogP contribution in [0.5, 0.6) is 0 Å². The van der Waals surface area contributed by atoms with E-state index >= 15 is 0 Å². The molecule has 1 saturated heterocycles. The highest BCUT2D eigenvalue weighted by Gasteiger charge is 2.30. The quantitative estimate of drug-likeness (QED) is 0.748. The number of nitrogens with zero attached hydrogens (tertiary/aromatic N) is 1. The van der Waals surface area contributed by atoms with Gasteiger partial charge in [0.05, 0.1) is 8.45 Å². The summed E-state index contributed by atoms with van der Waals surface area (Å²) >= 11 is 3.79. The lowest BCUT2D eigenvalue weighted by atomic mass is 9.93. The molecule has 4 nitrogen and oxygen atoms in total. The van der Waals surface area contributed by atoms with E-state index in [1.807, 2.05) is 37.1 Å². The Hall–Kier alpha value is -0.630. The molecule has 1 aliphatic rings. The van der Waals surface area contributed by atoms with Gasteiger partial charge in [0.25, 0.3) is 5.91 Å². The van der Waals surface area contributed by atoms with Crippen LogP contribution in [0.15, 0.2) is 11.4 Å². The second-order valence-corrected chi connectivity index (χ2v) is 9.23. The fourth-order valence-corrected chi connectivity index (χ4v) is 3.73. The first-order chi connectivity index (χ1) is 9.77. The van der Waals surface area contributed by atoms with Gasteiger partial charge in [0.1, 0.15) is 0 Å². The topological polar surface area (TPSA) is 49.4 Å². The van der Waals surface area contributed by atoms with Gasteiger partial charge >= 0.3 is 0 Å². The molecular weight excluding hydrogens is 399 g/mol. The predicted molar refractivity (Wildman–Crippen MR) is 93.6 cm³/mol. The number of nitrogens with one attached hydrogen (secondary N) is 1. The lowest BCUT2D eigenvalue weighted by Crippen LogP contribution is -2.49. The molecule has 0 atom stereocenters. The maximum atomic E-state index is 12.2. The van der Waals surface area contributed by atoms with Crippen LogP contribution in [0.1, 0.15) is 44.0 Å². The molecule has 0 saturated carbocycles. The van der Waals surface area contributed by atoms with Gasteiger partial charge in [0, 0.05) is 29.9 Å². The number of thiophene rings is 1. The summed E-state index contributed by atoms with van der Waals surface area (Å²) in [6.07, 6.45) is 1.66. The molecule has 1 fully saturated rings. The summed E-state index contributed by atoms with van der Waals surface area (Å²) in [5.74, 6) is 0.189. The van der Waals surface area contributed by atoms with Gasteiger partial charge in [0.15, 0.2) is 0 Å². The van der Waals surface area contributed by atoms with Gasteiger partial charge in [0.2, 0.25) is 5.91 Å². The molecule has 1 aromatic rings. The Balaban J connectivity index is 1.84. The molecule has 2 amide bonds. The molecule has 1 aromatic heterocycles. The highest BCUT2D eigenvalue weighted by atomic mass is 127. The SMILES string of the molecule is CC(C)(C)C(=O)N1CCC(NC(=O)c2csc(I)c2)CC1. The first-order valence-corrected chi connectivity index (χ1v) is 9.07. The van der Waals surface area contributed by atoms with Crippen LogP contribution in [0.2, 0.25) is 0 Å². The van der Waals surface area contributed by atoms with Crippen molar-refractivity contribution >= 4 is 45.7 Å². The number of piperidine rings is 1. The number of rotatable bonds is 2. The van der Waals surface area contributed by atoms with Crippen LogP contribution in [-0.4, -0.2) is 35.8 Å². The van der Waals surface area contributed by atoms with E-state index in [0.29, 0.717) is 0 Å². The highest BCUT2D eigenvalue weighted by Crippen LogP contribution is 2.21. The fraction of sp³-hybridized carbons (Fsp3) is 0.600. The minimum atomic E-state index is -0.330. The molecular formula is C15H21IN2O2S. The molecule has 1 N–H and O–H groups in total. The van der Waals surface area contributed by atoms with Crippen molar-refractivity contribution in [3.8, 4) is 0 Å². The Morgan fingerprint density at radius 1 is 1.33 bits per heavy atom. The lowest BCUT2D eigenvalue weighted by Gasteiger charge is -2.35. The minimum Gasteiger partial charge on any atom is -0.349 e. The van der Waals surface area contributed by atoms with Crippen molar-refractivity contribution < 1.29 is 9.59 Å². The Morgan fingerprint density at radius 2 is 1.95 bits per heavy atom. The van der Waals surface area contributed by atoms with Crippen LogP contribution in [0.4, 0.5) is 0 Å². The molecule has 21 heavy (non-hydrogen) atoms. The third kappa shape index (κ3) is 4.42. The van der Waals surface area contributed by atoms with Gasteiger partial charge in [-0.2, -0.15) is 0 Å². The summed E-state index contributed by atoms with van der Waals surface area (Å²) < 4.78 is 1.11. The third-order valence-corrected chi connectivity index (χ3v) is 5.38. The van der Waals surface area contributed by atoms with Crippen LogP contribution < -0.4 is 5.32 Å². The molecule has 116 valence electrons. The molecule has 6 heteroatoms. The van der Waals surface area contributed by atoms with Gasteiger partial charge in [-0.05, 0) is 41.5 Å². The van der Waals surface area contributed by atoms with Crippen LogP contribution in [0.3, 0.4) is 0 Å². The number of amides is 2. The van der Waals surface area contributed by atoms with Crippen molar-refractivity contribution in [1.29, 1.82) is 0 Å². The average molecular weight is 420 g/mol. The largest absolute Gasteiger partial charge is 0.349 e. The number of halogens is 1. The molecule has 0 bridgehead atoms. The summed E-state index contributed by atoms with van der Waals surface area (Å²) in [5, 5.41) is 4.96. The third-order valence-electron chi connectivity index (χ3n) is 3.59. The monoisotopic (exact) mass is 420 g/mol. The van der Waals surface area contributed by atoms with Crippen molar-refractivity contribution in [2.75, 3.05) is 13.1 Å². The second-order valence-electron chi connectivity index (χ2n) is 6.43.